The zero-order valence-corrected chi connectivity index (χ0v) is 20.7. The van der Waals surface area contributed by atoms with Crippen molar-refractivity contribution >= 4 is 23.2 Å². The Labute approximate surface area is 219 Å². The molecule has 0 radical (unpaired) electrons. The number of furan rings is 1. The van der Waals surface area contributed by atoms with Crippen LogP contribution in [0.3, 0.4) is 0 Å². The highest BCUT2D eigenvalue weighted by Gasteiger charge is 2.35. The molecule has 9 heteroatoms. The molecule has 2 bridgehead atoms. The Hall–Kier alpha value is -4.66. The van der Waals surface area contributed by atoms with Gasteiger partial charge in [0.25, 0.3) is 17.4 Å². The minimum absolute atomic E-state index is 0.0417. The van der Waals surface area contributed by atoms with Gasteiger partial charge in [-0.25, -0.2) is 0 Å². The normalized spacial score (nSPS) is 17.9. The number of piperidine rings is 1. The number of hydrogen-bond donors (Lipinski definition) is 2. The van der Waals surface area contributed by atoms with E-state index in [-0.39, 0.29) is 29.8 Å². The second kappa shape index (κ2) is 10.0. The topological polar surface area (TPSA) is 109 Å². The Morgan fingerprint density at radius 3 is 2.71 bits per heavy atom. The first-order valence-corrected chi connectivity index (χ1v) is 12.7. The van der Waals surface area contributed by atoms with Gasteiger partial charge in [-0.3, -0.25) is 19.4 Å². The fourth-order valence-electron chi connectivity index (χ4n) is 5.52. The number of nitrogens with one attached hydrogen (secondary N) is 2. The van der Waals surface area contributed by atoms with Gasteiger partial charge in [-0.1, -0.05) is 6.07 Å². The number of rotatable bonds is 6. The number of hydrogen-bond acceptors (Lipinski definition) is 6. The number of amides is 2. The van der Waals surface area contributed by atoms with E-state index < -0.39 is 0 Å². The van der Waals surface area contributed by atoms with Gasteiger partial charge >= 0.3 is 0 Å². The average Bonchev–Trinajstić information content (AvgIpc) is 3.46. The smallest absolute Gasteiger partial charge is 0.257 e. The van der Waals surface area contributed by atoms with Gasteiger partial charge in [-0.15, -0.1) is 0 Å². The standard InChI is InChI=1S/C29H27N5O4/c35-27-7-1-6-25-22-12-19(17-34(25)27)16-33(18-22)26-9-8-20(28(36)31-15-23-5-3-11-38-23)13-24(26)32-29(37)21-4-2-10-30-14-21/h1-11,13-14,19,22H,12,15-18H2,(H,31,36)(H,32,37). The molecule has 0 aliphatic carbocycles. The lowest BCUT2D eigenvalue weighted by molar-refractivity contribution is 0.0946. The first-order valence-electron chi connectivity index (χ1n) is 12.7. The van der Waals surface area contributed by atoms with Crippen LogP contribution in [0.1, 0.15) is 44.5 Å². The van der Waals surface area contributed by atoms with Crippen molar-refractivity contribution in [2.75, 3.05) is 23.3 Å². The van der Waals surface area contributed by atoms with Crippen molar-refractivity contribution in [1.29, 1.82) is 0 Å². The highest BCUT2D eigenvalue weighted by atomic mass is 16.3. The van der Waals surface area contributed by atoms with Crippen LogP contribution in [-0.2, 0) is 13.1 Å². The van der Waals surface area contributed by atoms with Gasteiger partial charge in [0.1, 0.15) is 5.76 Å². The molecule has 192 valence electrons. The molecule has 5 heterocycles. The predicted molar refractivity (Wildman–Crippen MR) is 142 cm³/mol. The van der Waals surface area contributed by atoms with Crippen LogP contribution in [0.25, 0.3) is 0 Å². The maximum Gasteiger partial charge on any atom is 0.257 e. The number of fused-ring (bicyclic) bond motifs is 4. The first kappa shape index (κ1) is 23.7. The van der Waals surface area contributed by atoms with E-state index in [2.05, 4.69) is 20.5 Å². The van der Waals surface area contributed by atoms with Crippen molar-refractivity contribution in [2.24, 2.45) is 5.92 Å². The summed E-state index contributed by atoms with van der Waals surface area (Å²) >= 11 is 0. The number of pyridine rings is 2. The summed E-state index contributed by atoms with van der Waals surface area (Å²) in [5, 5.41) is 5.87. The predicted octanol–water partition coefficient (Wildman–Crippen LogP) is 3.64. The molecule has 2 N–H and O–H groups in total. The summed E-state index contributed by atoms with van der Waals surface area (Å²) in [6, 6.07) is 17.8. The van der Waals surface area contributed by atoms with Crippen LogP contribution >= 0.6 is 0 Å². The van der Waals surface area contributed by atoms with Crippen molar-refractivity contribution in [3.63, 3.8) is 0 Å². The summed E-state index contributed by atoms with van der Waals surface area (Å²) in [5.74, 6) is 0.587. The van der Waals surface area contributed by atoms with Crippen LogP contribution in [0.2, 0.25) is 0 Å². The minimum Gasteiger partial charge on any atom is -0.467 e. The van der Waals surface area contributed by atoms with Crippen LogP contribution in [0.4, 0.5) is 11.4 Å². The number of benzene rings is 1. The molecular formula is C29H27N5O4. The summed E-state index contributed by atoms with van der Waals surface area (Å²) in [6.45, 7) is 2.39. The summed E-state index contributed by atoms with van der Waals surface area (Å²) < 4.78 is 7.20. The summed E-state index contributed by atoms with van der Waals surface area (Å²) in [5.41, 5.74) is 3.33. The van der Waals surface area contributed by atoms with E-state index in [0.717, 1.165) is 24.3 Å². The van der Waals surface area contributed by atoms with Crippen molar-refractivity contribution in [3.8, 4) is 0 Å². The average molecular weight is 510 g/mol. The second-order valence-electron chi connectivity index (χ2n) is 9.79. The van der Waals surface area contributed by atoms with E-state index in [9.17, 15) is 14.4 Å². The van der Waals surface area contributed by atoms with E-state index in [1.807, 2.05) is 22.8 Å². The quantitative estimate of drug-likeness (QED) is 0.411. The lowest BCUT2D eigenvalue weighted by Gasteiger charge is -2.44. The highest BCUT2D eigenvalue weighted by Crippen LogP contribution is 2.39. The maximum absolute atomic E-state index is 13.1. The van der Waals surface area contributed by atoms with Gasteiger partial charge in [0.05, 0.1) is 29.7 Å². The van der Waals surface area contributed by atoms with Crippen molar-refractivity contribution in [2.45, 2.75) is 25.4 Å². The van der Waals surface area contributed by atoms with Gasteiger partial charge < -0.3 is 24.5 Å². The molecule has 1 fully saturated rings. The SMILES string of the molecule is O=C(NCc1ccco1)c1ccc(N2CC3CC(C2)c2cccc(=O)n2C3)c(NC(=O)c2cccnc2)c1. The summed E-state index contributed by atoms with van der Waals surface area (Å²) in [7, 11) is 0. The van der Waals surface area contributed by atoms with Crippen LogP contribution in [0.15, 0.2) is 88.5 Å². The molecule has 9 nitrogen and oxygen atoms in total. The van der Waals surface area contributed by atoms with E-state index in [1.54, 1.807) is 54.9 Å². The maximum atomic E-state index is 13.1. The Morgan fingerprint density at radius 1 is 0.974 bits per heavy atom. The zero-order chi connectivity index (χ0) is 26.1. The molecular weight excluding hydrogens is 482 g/mol. The minimum atomic E-state index is -0.304. The van der Waals surface area contributed by atoms with E-state index in [0.29, 0.717) is 41.6 Å². The second-order valence-corrected chi connectivity index (χ2v) is 9.79. The van der Waals surface area contributed by atoms with Crippen LogP contribution in [-0.4, -0.2) is 34.5 Å². The Balaban J connectivity index is 1.30. The number of nitrogens with zero attached hydrogens (tertiary/aromatic N) is 3. The number of carbonyl (C=O) groups excluding carboxylic acids is 2. The molecule has 2 amide bonds. The van der Waals surface area contributed by atoms with Crippen LogP contribution in [0, 0.1) is 5.92 Å². The fourth-order valence-corrected chi connectivity index (χ4v) is 5.52. The molecule has 1 aromatic carbocycles. The van der Waals surface area contributed by atoms with Gasteiger partial charge in [-0.2, -0.15) is 0 Å². The molecule has 0 saturated carbocycles. The third-order valence-electron chi connectivity index (χ3n) is 7.25. The molecule has 38 heavy (non-hydrogen) atoms. The van der Waals surface area contributed by atoms with Gasteiger partial charge in [0, 0.05) is 55.3 Å². The van der Waals surface area contributed by atoms with Gasteiger partial charge in [0.15, 0.2) is 0 Å². The highest BCUT2D eigenvalue weighted by molar-refractivity contribution is 6.07. The molecule has 2 aliphatic rings. The molecule has 4 aromatic rings. The van der Waals surface area contributed by atoms with Gasteiger partial charge in [-0.05, 0) is 60.9 Å². The largest absolute Gasteiger partial charge is 0.467 e. The van der Waals surface area contributed by atoms with E-state index >= 15 is 0 Å². The number of anilines is 2. The van der Waals surface area contributed by atoms with E-state index in [1.165, 1.54) is 6.20 Å². The van der Waals surface area contributed by atoms with Crippen LogP contribution in [0.5, 0.6) is 0 Å². The molecule has 0 spiro atoms. The van der Waals surface area contributed by atoms with Crippen molar-refractivity contribution in [1.82, 2.24) is 14.9 Å². The van der Waals surface area contributed by atoms with E-state index in [4.69, 9.17) is 4.42 Å². The Kier molecular flexibility index (Phi) is 6.25. The Morgan fingerprint density at radius 2 is 1.89 bits per heavy atom. The lowest BCUT2D eigenvalue weighted by atomic mass is 9.83. The first-order chi connectivity index (χ1) is 18.5. The van der Waals surface area contributed by atoms with Gasteiger partial charge in [0.2, 0.25) is 0 Å². The molecule has 2 aliphatic heterocycles. The molecule has 2 atom stereocenters. The fraction of sp³-hybridized carbons (Fsp3) is 0.241. The lowest BCUT2D eigenvalue weighted by Crippen LogP contribution is -2.47. The summed E-state index contributed by atoms with van der Waals surface area (Å²) in [6.07, 6.45) is 5.70. The summed E-state index contributed by atoms with van der Waals surface area (Å²) in [4.78, 5) is 44.8. The third kappa shape index (κ3) is 4.70. The molecule has 3 aromatic heterocycles. The number of carbonyl (C=O) groups is 2. The zero-order valence-electron chi connectivity index (χ0n) is 20.7. The monoisotopic (exact) mass is 509 g/mol. The molecule has 2 unspecified atom stereocenters. The molecule has 6 rings (SSSR count). The Bertz CT molecular complexity index is 1530. The van der Waals surface area contributed by atoms with Crippen molar-refractivity contribution < 1.29 is 14.0 Å². The molecule has 1 saturated heterocycles. The third-order valence-corrected chi connectivity index (χ3v) is 7.25. The van der Waals surface area contributed by atoms with Crippen molar-refractivity contribution in [3.05, 3.63) is 112 Å². The number of aromatic nitrogens is 2. The van der Waals surface area contributed by atoms with Crippen LogP contribution < -0.4 is 21.1 Å².